The minimum absolute atomic E-state index is 0.333. The zero-order chi connectivity index (χ0) is 56.3. The maximum absolute atomic E-state index is 14.9. The fourth-order valence-electron chi connectivity index (χ4n) is 8.44. The number of anilines is 4. The van der Waals surface area contributed by atoms with Crippen molar-refractivity contribution < 1.29 is 105 Å². The van der Waals surface area contributed by atoms with Crippen LogP contribution in [0.2, 0.25) is 0 Å². The van der Waals surface area contributed by atoms with Gasteiger partial charge in [0.1, 0.15) is 22.8 Å². The van der Waals surface area contributed by atoms with Crippen molar-refractivity contribution in [1.82, 2.24) is 19.9 Å². The first-order valence-corrected chi connectivity index (χ1v) is 21.6. The minimum atomic E-state index is -5.88. The molecule has 0 amide bonds. The van der Waals surface area contributed by atoms with E-state index in [4.69, 9.17) is 0 Å². The second-order valence-electron chi connectivity index (χ2n) is 16.1. The number of fused-ring (bicyclic) bond motifs is 9. The number of halogens is 26. The molecule has 0 fully saturated rings. The lowest BCUT2D eigenvalue weighted by atomic mass is 9.90. The third-order valence-corrected chi connectivity index (χ3v) is 13.0. The summed E-state index contributed by atoms with van der Waals surface area (Å²) in [6.07, 6.45) is -46.1. The average molecular weight is 1240 g/mol. The number of nitrogens with zero attached hydrogens (tertiary/aromatic N) is 6. The van der Waals surface area contributed by atoms with Crippen LogP contribution in [0.5, 0.6) is 0 Å². The normalized spacial score (nSPS) is 14.4. The van der Waals surface area contributed by atoms with Crippen molar-refractivity contribution in [3.8, 4) is 11.1 Å². The molecule has 0 aliphatic carbocycles. The molecule has 0 unspecified atom stereocenters. The topological polar surface area (TPSA) is 58.0 Å². The van der Waals surface area contributed by atoms with Gasteiger partial charge in [-0.05, 0) is 92.5 Å². The summed E-state index contributed by atoms with van der Waals surface area (Å²) >= 11 is 5.69. The van der Waals surface area contributed by atoms with E-state index in [0.29, 0.717) is 58.5 Å². The number of rotatable bonds is 2. The molecule has 0 N–H and O–H groups in total. The Hall–Kier alpha value is -6.60. The number of hydrazine groups is 1. The molecule has 400 valence electrons. The summed E-state index contributed by atoms with van der Waals surface area (Å²) in [4.78, 5) is 13.3. The Morgan fingerprint density at radius 2 is 0.487 bits per heavy atom. The number of pyridine rings is 4. The molecule has 0 spiro atoms. The molecule has 6 nitrogen and oxygen atoms in total. The maximum atomic E-state index is 14.9. The Bertz CT molecular complexity index is 3510. The molecule has 0 bridgehead atoms. The van der Waals surface area contributed by atoms with Crippen molar-refractivity contribution in [2.75, 3.05) is 10.0 Å². The third-order valence-electron chi connectivity index (χ3n) is 11.5. The molecule has 9 rings (SSSR count). The van der Waals surface area contributed by atoms with Crippen LogP contribution in [0.15, 0.2) is 81.7 Å². The summed E-state index contributed by atoms with van der Waals surface area (Å²) < 4.78 is 348. The Morgan fingerprint density at radius 1 is 0.276 bits per heavy atom. The summed E-state index contributed by atoms with van der Waals surface area (Å²) in [5.41, 5.74) is -30.4. The Balaban J connectivity index is 1.56. The number of hydrogen-bond acceptors (Lipinski definition) is 6. The molecule has 0 atom stereocenters. The molecule has 1 aliphatic rings. The van der Waals surface area contributed by atoms with Gasteiger partial charge in [0.15, 0.2) is 0 Å². The second kappa shape index (κ2) is 16.9. The van der Waals surface area contributed by atoms with Gasteiger partial charge in [-0.25, -0.2) is 30.0 Å². The summed E-state index contributed by atoms with van der Waals surface area (Å²) in [5.74, 6) is 0. The molecule has 4 aromatic carbocycles. The van der Waals surface area contributed by atoms with E-state index in [1.54, 1.807) is 0 Å². The maximum Gasteiger partial charge on any atom is 0.433 e. The van der Waals surface area contributed by atoms with Gasteiger partial charge in [-0.15, -0.1) is 0 Å². The largest absolute Gasteiger partial charge is 0.433 e. The van der Waals surface area contributed by atoms with Crippen molar-refractivity contribution >= 4 is 98.2 Å². The van der Waals surface area contributed by atoms with Crippen molar-refractivity contribution in [3.05, 3.63) is 127 Å². The summed E-state index contributed by atoms with van der Waals surface area (Å²) in [6, 6.07) is 1.63. The van der Waals surface area contributed by atoms with Crippen LogP contribution in [0.1, 0.15) is 45.0 Å². The third kappa shape index (κ3) is 9.03. The summed E-state index contributed by atoms with van der Waals surface area (Å²) in [6.45, 7) is 0. The second-order valence-corrected chi connectivity index (χ2v) is 17.7. The van der Waals surface area contributed by atoms with Crippen molar-refractivity contribution in [2.45, 2.75) is 49.4 Å². The standard InChI is InChI=1S/C44H12Br2F24N6/c45-31-23(7-3-15-19(39(53,54)55)11-27(43(65,66)67)73-35(15)31)75-21-5-1-13-17(37(47,48)49)9-25(41(59,60)61)71-33(13)29(21)30-22(6-2-14-18(38(50,51)52)10-26(42(62,63)64)72-34(14)30)76(75)24-8-4-16-20(40(56,57)58)12-28(44(68,69)70)74-36(16)32(24)46/h1-12H. The van der Waals surface area contributed by atoms with Crippen LogP contribution in [-0.2, 0) is 49.4 Å². The molecule has 0 saturated carbocycles. The van der Waals surface area contributed by atoms with E-state index in [9.17, 15) is 105 Å². The van der Waals surface area contributed by atoms with E-state index in [1.807, 2.05) is 0 Å². The van der Waals surface area contributed by atoms with E-state index < -0.39 is 205 Å². The Kier molecular flexibility index (Phi) is 12.1. The highest BCUT2D eigenvalue weighted by atomic mass is 79.9. The number of aromatic nitrogens is 4. The lowest BCUT2D eigenvalue weighted by Gasteiger charge is -2.45. The van der Waals surface area contributed by atoms with Gasteiger partial charge < -0.3 is 0 Å². The molecule has 32 heteroatoms. The monoisotopic (exact) mass is 1240 g/mol. The first-order valence-electron chi connectivity index (χ1n) is 20.0. The highest BCUT2D eigenvalue weighted by Gasteiger charge is 2.47. The van der Waals surface area contributed by atoms with Gasteiger partial charge in [-0.3, -0.25) is 0 Å². The lowest BCUT2D eigenvalue weighted by molar-refractivity contribution is -0.146. The fraction of sp³-hybridized carbons (Fsp3) is 0.182. The van der Waals surface area contributed by atoms with Gasteiger partial charge in [0.2, 0.25) is 0 Å². The van der Waals surface area contributed by atoms with Gasteiger partial charge in [0.05, 0.1) is 76.0 Å². The highest BCUT2D eigenvalue weighted by molar-refractivity contribution is 9.11. The molecular formula is C44H12Br2F24N6. The van der Waals surface area contributed by atoms with Gasteiger partial charge in [0.25, 0.3) is 0 Å². The van der Waals surface area contributed by atoms with Crippen LogP contribution < -0.4 is 10.0 Å². The van der Waals surface area contributed by atoms with E-state index in [0.717, 1.165) is 0 Å². The highest BCUT2D eigenvalue weighted by Crippen LogP contribution is 2.59. The Morgan fingerprint density at radius 3 is 0.711 bits per heavy atom. The quantitative estimate of drug-likeness (QED) is 0.161. The zero-order valence-electron chi connectivity index (χ0n) is 35.4. The van der Waals surface area contributed by atoms with E-state index in [1.165, 1.54) is 0 Å². The molecule has 1 aliphatic heterocycles. The van der Waals surface area contributed by atoms with Crippen molar-refractivity contribution in [3.63, 3.8) is 0 Å². The number of hydrogen-bond donors (Lipinski definition) is 0. The van der Waals surface area contributed by atoms with Gasteiger partial charge >= 0.3 is 49.4 Å². The van der Waals surface area contributed by atoms with Crippen molar-refractivity contribution in [1.29, 1.82) is 0 Å². The predicted octanol–water partition coefficient (Wildman–Crippen LogP) is 18.4. The lowest BCUT2D eigenvalue weighted by Crippen LogP contribution is -2.39. The van der Waals surface area contributed by atoms with Crippen LogP contribution in [0, 0.1) is 0 Å². The SMILES string of the molecule is FC(F)(F)c1cc(C(F)(F)F)c2ccc(N3c4ccc5c(C(F)(F)F)cc(C(F)(F)F)nc5c4-c4c(ccc5c(C(F)(F)F)cc(C(F)(F)F)nc45)N3c3ccc4c(C(F)(F)F)cc(C(F)(F)F)nc4c3Br)c(Br)c2n1. The smallest absolute Gasteiger partial charge is 0.247 e. The molecule has 76 heavy (non-hydrogen) atoms. The molecule has 8 aromatic rings. The van der Waals surface area contributed by atoms with Crippen LogP contribution in [0.25, 0.3) is 54.7 Å². The number of benzene rings is 4. The molecule has 5 heterocycles. The molecule has 0 radical (unpaired) electrons. The van der Waals surface area contributed by atoms with E-state index >= 15 is 0 Å². The van der Waals surface area contributed by atoms with Crippen molar-refractivity contribution in [2.24, 2.45) is 0 Å². The van der Waals surface area contributed by atoms with E-state index in [2.05, 4.69) is 51.8 Å². The minimum Gasteiger partial charge on any atom is -0.247 e. The van der Waals surface area contributed by atoms with Gasteiger partial charge in [-0.1, -0.05) is 12.1 Å². The molecule has 4 aromatic heterocycles. The van der Waals surface area contributed by atoms with Gasteiger partial charge in [-0.2, -0.15) is 105 Å². The fourth-order valence-corrected chi connectivity index (χ4v) is 9.65. The summed E-state index contributed by atoms with van der Waals surface area (Å²) in [7, 11) is 0. The first kappa shape index (κ1) is 54.2. The Labute approximate surface area is 419 Å². The zero-order valence-corrected chi connectivity index (χ0v) is 38.6. The number of alkyl halides is 24. The van der Waals surface area contributed by atoms with Gasteiger partial charge in [0, 0.05) is 32.7 Å². The molecule has 0 saturated heterocycles. The van der Waals surface area contributed by atoms with Crippen LogP contribution in [0.3, 0.4) is 0 Å². The summed E-state index contributed by atoms with van der Waals surface area (Å²) in [5, 5.41) is -4.29. The average Bonchev–Trinajstić information content (AvgIpc) is 3.27. The van der Waals surface area contributed by atoms with Crippen LogP contribution in [-0.4, -0.2) is 19.9 Å². The van der Waals surface area contributed by atoms with E-state index in [-0.39, 0.29) is 0 Å². The first-order chi connectivity index (χ1) is 34.6. The van der Waals surface area contributed by atoms with Crippen LogP contribution >= 0.6 is 31.9 Å². The molecular weight excluding hydrogens is 1230 g/mol. The predicted molar refractivity (Wildman–Crippen MR) is 226 cm³/mol. The van der Waals surface area contributed by atoms with Crippen LogP contribution in [0.4, 0.5) is 128 Å².